The summed E-state index contributed by atoms with van der Waals surface area (Å²) < 4.78 is 10.8. The van der Waals surface area contributed by atoms with E-state index in [1.54, 1.807) is 7.11 Å². The van der Waals surface area contributed by atoms with E-state index in [9.17, 15) is 4.79 Å². The molecule has 126 valence electrons. The van der Waals surface area contributed by atoms with Gasteiger partial charge in [-0.3, -0.25) is 4.79 Å². The van der Waals surface area contributed by atoms with Gasteiger partial charge in [0.1, 0.15) is 5.75 Å². The number of hydrogen-bond acceptors (Lipinski definition) is 4. The fraction of sp³-hybridized carbons (Fsp3) is 0.316. The molecule has 0 radical (unpaired) electrons. The van der Waals surface area contributed by atoms with Crippen LogP contribution in [0.2, 0.25) is 0 Å². The van der Waals surface area contributed by atoms with Crippen molar-refractivity contribution in [2.75, 3.05) is 32.2 Å². The lowest BCUT2D eigenvalue weighted by molar-refractivity contribution is -0.117. The highest BCUT2D eigenvalue weighted by atomic mass is 16.5. The maximum Gasteiger partial charge on any atom is 0.226 e. The number of hydrogen-bond donors (Lipinski definition) is 2. The summed E-state index contributed by atoms with van der Waals surface area (Å²) in [6.45, 7) is 2.08. The molecule has 0 aromatic heterocycles. The van der Waals surface area contributed by atoms with Crippen LogP contribution >= 0.6 is 0 Å². The minimum Gasteiger partial charge on any atom is -0.496 e. The van der Waals surface area contributed by atoms with E-state index in [1.807, 2.05) is 48.5 Å². The molecule has 24 heavy (non-hydrogen) atoms. The first-order valence-corrected chi connectivity index (χ1v) is 8.10. The van der Waals surface area contributed by atoms with Crippen LogP contribution < -0.4 is 15.4 Å². The van der Waals surface area contributed by atoms with Gasteiger partial charge in [-0.05, 0) is 23.8 Å². The second-order valence-corrected chi connectivity index (χ2v) is 5.76. The normalized spacial score (nSPS) is 17.3. The lowest BCUT2D eigenvalue weighted by atomic mass is 10.0. The van der Waals surface area contributed by atoms with Crippen LogP contribution in [-0.4, -0.2) is 38.8 Å². The Morgan fingerprint density at radius 3 is 2.96 bits per heavy atom. The number of nitrogens with one attached hydrogen (secondary N) is 2. The molecular formula is C19H22N2O3. The molecule has 2 aromatic carbocycles. The van der Waals surface area contributed by atoms with Crippen molar-refractivity contribution in [1.82, 2.24) is 5.32 Å². The average molecular weight is 326 g/mol. The number of morpholine rings is 1. The minimum atomic E-state index is -0.0184. The van der Waals surface area contributed by atoms with Gasteiger partial charge in [0.05, 0.1) is 20.3 Å². The average Bonchev–Trinajstić information content (AvgIpc) is 2.62. The number of rotatable bonds is 5. The van der Waals surface area contributed by atoms with Gasteiger partial charge in [0, 0.05) is 30.3 Å². The smallest absolute Gasteiger partial charge is 0.226 e. The van der Waals surface area contributed by atoms with Crippen molar-refractivity contribution in [3.8, 4) is 16.9 Å². The molecule has 1 heterocycles. The molecule has 1 amide bonds. The number of ether oxygens (including phenoxy) is 2. The molecule has 1 fully saturated rings. The molecule has 1 saturated heterocycles. The summed E-state index contributed by atoms with van der Waals surface area (Å²) in [7, 11) is 1.66. The van der Waals surface area contributed by atoms with Crippen LogP contribution in [0.1, 0.15) is 6.42 Å². The number of carbonyl (C=O) groups excluding carboxylic acids is 1. The van der Waals surface area contributed by atoms with Gasteiger partial charge in [-0.2, -0.15) is 0 Å². The van der Waals surface area contributed by atoms with Gasteiger partial charge in [-0.25, -0.2) is 0 Å². The summed E-state index contributed by atoms with van der Waals surface area (Å²) in [5.74, 6) is 0.791. The standard InChI is InChI=1S/C19H22N2O3/c1-23-18-8-3-2-7-17(18)14-5-4-6-15(11-14)21-19(22)12-16-13-24-10-9-20-16/h2-8,11,16,20H,9-10,12-13H2,1H3,(H,21,22). The summed E-state index contributed by atoms with van der Waals surface area (Å²) >= 11 is 0. The molecule has 1 aliphatic heterocycles. The summed E-state index contributed by atoms with van der Waals surface area (Å²) in [5.41, 5.74) is 2.78. The number of carbonyl (C=O) groups is 1. The van der Waals surface area contributed by atoms with Crippen LogP contribution in [0.25, 0.3) is 11.1 Å². The first-order valence-electron chi connectivity index (χ1n) is 8.10. The van der Waals surface area contributed by atoms with Gasteiger partial charge in [0.25, 0.3) is 0 Å². The molecule has 0 aliphatic carbocycles. The molecule has 0 spiro atoms. The van der Waals surface area contributed by atoms with Gasteiger partial charge >= 0.3 is 0 Å². The zero-order valence-electron chi connectivity index (χ0n) is 13.7. The van der Waals surface area contributed by atoms with E-state index in [4.69, 9.17) is 9.47 Å². The monoisotopic (exact) mass is 326 g/mol. The molecule has 1 unspecified atom stereocenters. The molecule has 2 aromatic rings. The first-order chi connectivity index (χ1) is 11.8. The molecule has 5 nitrogen and oxygen atoms in total. The van der Waals surface area contributed by atoms with E-state index in [0.717, 1.165) is 29.1 Å². The van der Waals surface area contributed by atoms with Crippen molar-refractivity contribution >= 4 is 11.6 Å². The number of benzene rings is 2. The van der Waals surface area contributed by atoms with E-state index in [2.05, 4.69) is 10.6 Å². The third-order valence-electron chi connectivity index (χ3n) is 3.99. The molecule has 0 saturated carbocycles. The summed E-state index contributed by atoms with van der Waals surface area (Å²) in [4.78, 5) is 12.2. The molecule has 3 rings (SSSR count). The maximum absolute atomic E-state index is 12.2. The maximum atomic E-state index is 12.2. The van der Waals surface area contributed by atoms with Crippen molar-refractivity contribution in [2.45, 2.75) is 12.5 Å². The van der Waals surface area contributed by atoms with Crippen molar-refractivity contribution < 1.29 is 14.3 Å². The number of anilines is 1. The number of para-hydroxylation sites is 1. The van der Waals surface area contributed by atoms with Crippen molar-refractivity contribution in [3.05, 3.63) is 48.5 Å². The first kappa shape index (κ1) is 16.5. The zero-order valence-corrected chi connectivity index (χ0v) is 13.7. The number of methoxy groups -OCH3 is 1. The predicted octanol–water partition coefficient (Wildman–Crippen LogP) is 2.68. The third kappa shape index (κ3) is 4.13. The van der Waals surface area contributed by atoms with E-state index < -0.39 is 0 Å². The number of amides is 1. The van der Waals surface area contributed by atoms with E-state index in [-0.39, 0.29) is 11.9 Å². The Bertz CT molecular complexity index is 697. The van der Waals surface area contributed by atoms with Crippen LogP contribution in [0.5, 0.6) is 5.75 Å². The van der Waals surface area contributed by atoms with Gasteiger partial charge in [0.15, 0.2) is 0 Å². The summed E-state index contributed by atoms with van der Waals surface area (Å²) in [5, 5.41) is 6.25. The second-order valence-electron chi connectivity index (χ2n) is 5.76. The Hall–Kier alpha value is -2.37. The third-order valence-corrected chi connectivity index (χ3v) is 3.99. The van der Waals surface area contributed by atoms with Crippen LogP contribution in [0, 0.1) is 0 Å². The second kappa shape index (κ2) is 7.95. The van der Waals surface area contributed by atoms with E-state index in [0.29, 0.717) is 19.6 Å². The molecular weight excluding hydrogens is 304 g/mol. The highest BCUT2D eigenvalue weighted by molar-refractivity contribution is 5.92. The topological polar surface area (TPSA) is 59.6 Å². The molecule has 5 heteroatoms. The van der Waals surface area contributed by atoms with Crippen molar-refractivity contribution in [3.63, 3.8) is 0 Å². The van der Waals surface area contributed by atoms with Gasteiger partial charge in [-0.1, -0.05) is 30.3 Å². The Balaban J connectivity index is 1.70. The summed E-state index contributed by atoms with van der Waals surface area (Å²) in [6, 6.07) is 15.7. The molecule has 0 bridgehead atoms. The SMILES string of the molecule is COc1ccccc1-c1cccc(NC(=O)CC2COCCN2)c1. The highest BCUT2D eigenvalue weighted by Gasteiger charge is 2.17. The Labute approximate surface area is 142 Å². The van der Waals surface area contributed by atoms with E-state index in [1.165, 1.54) is 0 Å². The fourth-order valence-electron chi connectivity index (χ4n) is 2.83. The summed E-state index contributed by atoms with van der Waals surface area (Å²) in [6.07, 6.45) is 0.402. The van der Waals surface area contributed by atoms with Gasteiger partial charge in [0.2, 0.25) is 5.91 Å². The van der Waals surface area contributed by atoms with Crippen molar-refractivity contribution in [1.29, 1.82) is 0 Å². The van der Waals surface area contributed by atoms with E-state index >= 15 is 0 Å². The lowest BCUT2D eigenvalue weighted by Gasteiger charge is -2.23. The molecule has 1 atom stereocenters. The largest absolute Gasteiger partial charge is 0.496 e. The van der Waals surface area contributed by atoms with Crippen LogP contribution in [-0.2, 0) is 9.53 Å². The Morgan fingerprint density at radius 1 is 1.29 bits per heavy atom. The minimum absolute atomic E-state index is 0.0184. The van der Waals surface area contributed by atoms with Crippen molar-refractivity contribution in [2.24, 2.45) is 0 Å². The molecule has 1 aliphatic rings. The quantitative estimate of drug-likeness (QED) is 0.887. The fourth-order valence-corrected chi connectivity index (χ4v) is 2.83. The van der Waals surface area contributed by atoms with Crippen LogP contribution in [0.15, 0.2) is 48.5 Å². The van der Waals surface area contributed by atoms with Gasteiger partial charge < -0.3 is 20.1 Å². The van der Waals surface area contributed by atoms with Crippen LogP contribution in [0.4, 0.5) is 5.69 Å². The lowest BCUT2D eigenvalue weighted by Crippen LogP contribution is -2.43. The van der Waals surface area contributed by atoms with Crippen LogP contribution in [0.3, 0.4) is 0 Å². The van der Waals surface area contributed by atoms with Gasteiger partial charge in [-0.15, -0.1) is 0 Å². The molecule has 2 N–H and O–H groups in total. The Kier molecular flexibility index (Phi) is 5.46. The highest BCUT2D eigenvalue weighted by Crippen LogP contribution is 2.30. The predicted molar refractivity (Wildman–Crippen MR) is 94.3 cm³/mol. The Morgan fingerprint density at radius 2 is 2.17 bits per heavy atom. The zero-order chi connectivity index (χ0) is 16.8.